The van der Waals surface area contributed by atoms with Crippen LogP contribution in [0.5, 0.6) is 0 Å². The molecule has 0 fully saturated rings. The zero-order valence-electron chi connectivity index (χ0n) is 10.1. The van der Waals surface area contributed by atoms with E-state index < -0.39 is 6.10 Å². The summed E-state index contributed by atoms with van der Waals surface area (Å²) in [5.41, 5.74) is 2.08. The van der Waals surface area contributed by atoms with Gasteiger partial charge in [0.1, 0.15) is 6.10 Å². The Kier molecular flexibility index (Phi) is 3.44. The van der Waals surface area contributed by atoms with Crippen molar-refractivity contribution in [2.45, 2.75) is 51.7 Å². The Balaban J connectivity index is 2.22. The van der Waals surface area contributed by atoms with Crippen LogP contribution in [-0.2, 0) is 0 Å². The Morgan fingerprint density at radius 3 is 2.81 bits per heavy atom. The second-order valence-electron chi connectivity index (χ2n) is 4.75. The number of allylic oxidation sites excluding steroid dienone is 1. The number of aliphatic hydroxyl groups excluding tert-OH is 1. The molecule has 0 aromatic carbocycles. The lowest BCUT2D eigenvalue weighted by atomic mass is 9.94. The van der Waals surface area contributed by atoms with Crippen LogP contribution in [0.4, 0.5) is 0 Å². The van der Waals surface area contributed by atoms with Gasteiger partial charge in [0.2, 0.25) is 0 Å². The summed E-state index contributed by atoms with van der Waals surface area (Å²) in [7, 11) is 0. The number of aromatic nitrogens is 2. The van der Waals surface area contributed by atoms with Gasteiger partial charge in [-0.1, -0.05) is 6.08 Å². The first-order valence-electron chi connectivity index (χ1n) is 6.09. The predicted octanol–water partition coefficient (Wildman–Crippen LogP) is 3.00. The van der Waals surface area contributed by atoms with E-state index >= 15 is 0 Å². The van der Waals surface area contributed by atoms with Gasteiger partial charge < -0.3 is 9.67 Å². The van der Waals surface area contributed by atoms with Crippen LogP contribution >= 0.6 is 0 Å². The molecular formula is C13H20N2O. The first-order valence-corrected chi connectivity index (χ1v) is 6.09. The minimum Gasteiger partial charge on any atom is -0.382 e. The van der Waals surface area contributed by atoms with Crippen LogP contribution in [-0.4, -0.2) is 14.7 Å². The van der Waals surface area contributed by atoms with E-state index in [2.05, 4.69) is 24.9 Å². The highest BCUT2D eigenvalue weighted by atomic mass is 16.3. The molecule has 0 spiro atoms. The number of hydrogen-bond donors (Lipinski definition) is 1. The van der Waals surface area contributed by atoms with Gasteiger partial charge in [0.15, 0.2) is 0 Å². The van der Waals surface area contributed by atoms with Gasteiger partial charge in [0.05, 0.1) is 18.2 Å². The molecule has 1 aromatic heterocycles. The highest BCUT2D eigenvalue weighted by molar-refractivity contribution is 5.20. The maximum Gasteiger partial charge on any atom is 0.117 e. The van der Waals surface area contributed by atoms with Crippen LogP contribution in [0.25, 0.3) is 0 Å². The van der Waals surface area contributed by atoms with Crippen molar-refractivity contribution in [1.29, 1.82) is 0 Å². The molecule has 3 heteroatoms. The van der Waals surface area contributed by atoms with E-state index in [4.69, 9.17) is 0 Å². The van der Waals surface area contributed by atoms with E-state index in [1.807, 2.05) is 4.57 Å². The van der Waals surface area contributed by atoms with E-state index in [9.17, 15) is 5.11 Å². The fourth-order valence-corrected chi connectivity index (χ4v) is 2.26. The van der Waals surface area contributed by atoms with Gasteiger partial charge in [-0.3, -0.25) is 0 Å². The Hall–Kier alpha value is -1.09. The normalized spacial score (nSPS) is 18.6. The molecule has 0 radical (unpaired) electrons. The summed E-state index contributed by atoms with van der Waals surface area (Å²) in [6, 6.07) is 0.344. The van der Waals surface area contributed by atoms with Crippen molar-refractivity contribution in [2.75, 3.05) is 0 Å². The molecule has 0 saturated carbocycles. The van der Waals surface area contributed by atoms with Crippen LogP contribution in [0.2, 0.25) is 0 Å². The first kappa shape index (κ1) is 11.4. The summed E-state index contributed by atoms with van der Waals surface area (Å²) < 4.78 is 2.04. The third-order valence-corrected chi connectivity index (χ3v) is 3.21. The topological polar surface area (TPSA) is 38.0 Å². The Labute approximate surface area is 96.8 Å². The molecule has 0 amide bonds. The molecule has 1 aromatic rings. The molecule has 0 saturated heterocycles. The summed E-state index contributed by atoms with van der Waals surface area (Å²) in [4.78, 5) is 4.14. The molecule has 88 valence electrons. The largest absolute Gasteiger partial charge is 0.382 e. The number of hydrogen-bond acceptors (Lipinski definition) is 2. The van der Waals surface area contributed by atoms with Gasteiger partial charge in [-0.05, 0) is 45.1 Å². The fraction of sp³-hybridized carbons (Fsp3) is 0.615. The van der Waals surface area contributed by atoms with Gasteiger partial charge in [-0.15, -0.1) is 0 Å². The quantitative estimate of drug-likeness (QED) is 0.795. The molecule has 1 heterocycles. The molecular weight excluding hydrogens is 200 g/mol. The summed E-state index contributed by atoms with van der Waals surface area (Å²) in [6.45, 7) is 4.21. The highest BCUT2D eigenvalue weighted by Crippen LogP contribution is 2.30. The number of rotatable bonds is 3. The van der Waals surface area contributed by atoms with Crippen molar-refractivity contribution in [3.63, 3.8) is 0 Å². The lowest BCUT2D eigenvalue weighted by Crippen LogP contribution is -2.12. The summed E-state index contributed by atoms with van der Waals surface area (Å²) in [5.74, 6) is 0. The third-order valence-electron chi connectivity index (χ3n) is 3.21. The predicted molar refractivity (Wildman–Crippen MR) is 64.1 cm³/mol. The van der Waals surface area contributed by atoms with Crippen molar-refractivity contribution in [2.24, 2.45) is 0 Å². The van der Waals surface area contributed by atoms with Gasteiger partial charge in [-0.2, -0.15) is 0 Å². The zero-order valence-corrected chi connectivity index (χ0v) is 10.1. The molecule has 1 aliphatic carbocycles. The van der Waals surface area contributed by atoms with Crippen molar-refractivity contribution < 1.29 is 5.11 Å². The summed E-state index contributed by atoms with van der Waals surface area (Å²) in [6.07, 6.45) is 9.86. The van der Waals surface area contributed by atoms with E-state index in [1.165, 1.54) is 12.8 Å². The second-order valence-corrected chi connectivity index (χ2v) is 4.75. The highest BCUT2D eigenvalue weighted by Gasteiger charge is 2.19. The SMILES string of the molecule is CC(C)n1cncc1C(O)C1=CCCCC1. The first-order chi connectivity index (χ1) is 7.70. The summed E-state index contributed by atoms with van der Waals surface area (Å²) in [5, 5.41) is 10.3. The Bertz CT molecular complexity index is 379. The number of imidazole rings is 1. The molecule has 16 heavy (non-hydrogen) atoms. The third kappa shape index (κ3) is 2.19. The van der Waals surface area contributed by atoms with E-state index in [0.29, 0.717) is 6.04 Å². The van der Waals surface area contributed by atoms with Crippen molar-refractivity contribution >= 4 is 0 Å². The molecule has 1 unspecified atom stereocenters. The zero-order chi connectivity index (χ0) is 11.5. The van der Waals surface area contributed by atoms with Gasteiger partial charge in [0.25, 0.3) is 0 Å². The van der Waals surface area contributed by atoms with Crippen molar-refractivity contribution in [1.82, 2.24) is 9.55 Å². The van der Waals surface area contributed by atoms with Gasteiger partial charge in [-0.25, -0.2) is 4.98 Å². The average molecular weight is 220 g/mol. The molecule has 2 rings (SSSR count). The lowest BCUT2D eigenvalue weighted by Gasteiger charge is -2.21. The average Bonchev–Trinajstić information content (AvgIpc) is 2.78. The molecule has 0 bridgehead atoms. The van der Waals surface area contributed by atoms with Crippen LogP contribution in [0, 0.1) is 0 Å². The monoisotopic (exact) mass is 220 g/mol. The number of aliphatic hydroxyl groups is 1. The summed E-state index contributed by atoms with van der Waals surface area (Å²) >= 11 is 0. The molecule has 1 N–H and O–H groups in total. The van der Waals surface area contributed by atoms with Gasteiger partial charge >= 0.3 is 0 Å². The molecule has 0 aliphatic heterocycles. The smallest absolute Gasteiger partial charge is 0.117 e. The standard InChI is InChI=1S/C13H20N2O/c1-10(2)15-9-14-8-12(15)13(16)11-6-4-3-5-7-11/h6,8-10,13,16H,3-5,7H2,1-2H3. The van der Waals surface area contributed by atoms with E-state index in [1.54, 1.807) is 12.5 Å². The fourth-order valence-electron chi connectivity index (χ4n) is 2.26. The lowest BCUT2D eigenvalue weighted by molar-refractivity contribution is 0.196. The van der Waals surface area contributed by atoms with Crippen molar-refractivity contribution in [3.8, 4) is 0 Å². The number of nitrogens with zero attached hydrogens (tertiary/aromatic N) is 2. The maximum atomic E-state index is 10.3. The Morgan fingerprint density at radius 1 is 1.38 bits per heavy atom. The molecule has 1 atom stereocenters. The minimum absolute atomic E-state index is 0.344. The van der Waals surface area contributed by atoms with Crippen LogP contribution in [0.1, 0.15) is 57.4 Å². The molecule has 1 aliphatic rings. The van der Waals surface area contributed by atoms with E-state index in [0.717, 1.165) is 24.1 Å². The molecule has 3 nitrogen and oxygen atoms in total. The van der Waals surface area contributed by atoms with E-state index in [-0.39, 0.29) is 0 Å². The minimum atomic E-state index is -0.467. The van der Waals surface area contributed by atoms with Crippen LogP contribution in [0.15, 0.2) is 24.2 Å². The van der Waals surface area contributed by atoms with Gasteiger partial charge in [0, 0.05) is 6.04 Å². The van der Waals surface area contributed by atoms with Crippen LogP contribution in [0.3, 0.4) is 0 Å². The Morgan fingerprint density at radius 2 is 2.19 bits per heavy atom. The second kappa shape index (κ2) is 4.83. The van der Waals surface area contributed by atoms with Crippen molar-refractivity contribution in [3.05, 3.63) is 29.9 Å². The van der Waals surface area contributed by atoms with Crippen LogP contribution < -0.4 is 0 Å². The maximum absolute atomic E-state index is 10.3.